The molecule has 3 aromatic carbocycles. The van der Waals surface area contributed by atoms with Crippen LogP contribution in [-0.4, -0.2) is 36.7 Å². The van der Waals surface area contributed by atoms with Gasteiger partial charge in [-0.15, -0.1) is 0 Å². The van der Waals surface area contributed by atoms with Crippen molar-refractivity contribution in [3.8, 4) is 28.4 Å². The number of aryl methyl sites for hydroxylation is 1. The summed E-state index contributed by atoms with van der Waals surface area (Å²) in [5.41, 5.74) is 0.723. The van der Waals surface area contributed by atoms with Crippen molar-refractivity contribution in [3.05, 3.63) is 86.6 Å². The number of hydrogen-bond acceptors (Lipinski definition) is 7. The topological polar surface area (TPSA) is 122 Å². The molecule has 10 heteroatoms. The molecule has 0 aliphatic carbocycles. The van der Waals surface area contributed by atoms with Gasteiger partial charge in [-0.1, -0.05) is 18.2 Å². The second-order valence-corrected chi connectivity index (χ2v) is 7.80. The summed E-state index contributed by atoms with van der Waals surface area (Å²) in [5.74, 6) is 0.599. The number of amides is 1. The number of anilines is 1. The lowest BCUT2D eigenvalue weighted by Crippen LogP contribution is -2.21. The van der Waals surface area contributed by atoms with E-state index in [0.29, 0.717) is 33.7 Å². The van der Waals surface area contributed by atoms with Crippen LogP contribution in [0.25, 0.3) is 22.0 Å². The van der Waals surface area contributed by atoms with Crippen molar-refractivity contribution in [2.24, 2.45) is 7.05 Å². The summed E-state index contributed by atoms with van der Waals surface area (Å²) >= 11 is 0. The zero-order valence-electron chi connectivity index (χ0n) is 20.0. The fourth-order valence-electron chi connectivity index (χ4n) is 4.07. The summed E-state index contributed by atoms with van der Waals surface area (Å²) in [5, 5.41) is 14.4. The van der Waals surface area contributed by atoms with Crippen LogP contribution in [0.1, 0.15) is 10.4 Å². The van der Waals surface area contributed by atoms with Crippen LogP contribution in [0, 0.1) is 10.1 Å². The van der Waals surface area contributed by atoms with Crippen LogP contribution in [0.3, 0.4) is 0 Å². The van der Waals surface area contributed by atoms with Crippen LogP contribution in [-0.2, 0) is 7.05 Å². The Morgan fingerprint density at radius 2 is 1.61 bits per heavy atom. The molecular formula is C26H23N3O7. The Bertz CT molecular complexity index is 1530. The number of hydrogen-bond donors (Lipinski definition) is 1. The number of rotatable bonds is 7. The maximum Gasteiger partial charge on any atom is 0.270 e. The molecule has 1 N–H and O–H groups in total. The van der Waals surface area contributed by atoms with Gasteiger partial charge in [-0.05, 0) is 35.9 Å². The first-order valence-electron chi connectivity index (χ1n) is 10.8. The maximum absolute atomic E-state index is 13.8. The second-order valence-electron chi connectivity index (χ2n) is 7.80. The van der Waals surface area contributed by atoms with Gasteiger partial charge in [-0.3, -0.25) is 19.7 Å². The molecule has 0 saturated heterocycles. The highest BCUT2D eigenvalue weighted by Crippen LogP contribution is 2.42. The number of fused-ring (bicyclic) bond motifs is 1. The first-order chi connectivity index (χ1) is 17.3. The summed E-state index contributed by atoms with van der Waals surface area (Å²) in [6.45, 7) is 0. The largest absolute Gasteiger partial charge is 0.493 e. The fraction of sp³-hybridized carbons (Fsp3) is 0.154. The monoisotopic (exact) mass is 489 g/mol. The lowest BCUT2D eigenvalue weighted by Gasteiger charge is -2.20. The van der Waals surface area contributed by atoms with Gasteiger partial charge in [-0.25, -0.2) is 0 Å². The zero-order chi connectivity index (χ0) is 26.0. The lowest BCUT2D eigenvalue weighted by atomic mass is 10.0. The molecule has 1 aromatic heterocycles. The zero-order valence-corrected chi connectivity index (χ0v) is 20.0. The Labute approximate surface area is 205 Å². The minimum absolute atomic E-state index is 0.0700. The summed E-state index contributed by atoms with van der Waals surface area (Å²) in [7, 11) is 6.11. The Hall–Kier alpha value is -4.86. The number of para-hydroxylation sites is 1. The number of methoxy groups -OCH3 is 3. The summed E-state index contributed by atoms with van der Waals surface area (Å²) in [4.78, 5) is 37.6. The standard InChI is InChI=1S/C26H23N3O7/c1-28-19-11-6-5-10-18(19)23(30)22(16-13-20(34-2)24(36-4)21(14-16)35-3)25(28)27-26(31)15-8-7-9-17(12-15)29(32)33/h5-14H,1-4H3,(H,27,31). The molecule has 10 nitrogen and oxygen atoms in total. The van der Waals surface area contributed by atoms with E-state index in [1.807, 2.05) is 0 Å². The molecule has 4 aromatic rings. The van der Waals surface area contributed by atoms with E-state index in [1.165, 1.54) is 45.6 Å². The minimum atomic E-state index is -0.613. The Morgan fingerprint density at radius 3 is 2.22 bits per heavy atom. The SMILES string of the molecule is COc1cc(-c2c(NC(=O)c3cccc([N+](=O)[O-])c3)n(C)c3ccccc3c2=O)cc(OC)c1OC. The number of nitrogens with one attached hydrogen (secondary N) is 1. The van der Waals surface area contributed by atoms with Crippen molar-refractivity contribution in [1.29, 1.82) is 0 Å². The molecule has 0 spiro atoms. The number of nitrogens with zero attached hydrogens (tertiary/aromatic N) is 2. The fourth-order valence-corrected chi connectivity index (χ4v) is 4.07. The summed E-state index contributed by atoms with van der Waals surface area (Å²) in [6, 6.07) is 15.6. The lowest BCUT2D eigenvalue weighted by molar-refractivity contribution is -0.384. The van der Waals surface area contributed by atoms with E-state index in [-0.39, 0.29) is 28.1 Å². The van der Waals surface area contributed by atoms with E-state index >= 15 is 0 Å². The Morgan fingerprint density at radius 1 is 0.944 bits per heavy atom. The minimum Gasteiger partial charge on any atom is -0.493 e. The predicted octanol–water partition coefficient (Wildman–Crippen LogP) is 4.39. The highest BCUT2D eigenvalue weighted by Gasteiger charge is 2.23. The number of nitro benzene ring substituents is 1. The van der Waals surface area contributed by atoms with Gasteiger partial charge in [0.15, 0.2) is 16.9 Å². The van der Waals surface area contributed by atoms with Crippen molar-refractivity contribution < 1.29 is 23.9 Å². The molecule has 0 radical (unpaired) electrons. The van der Waals surface area contributed by atoms with Gasteiger partial charge in [0.2, 0.25) is 5.75 Å². The van der Waals surface area contributed by atoms with Gasteiger partial charge in [0, 0.05) is 30.1 Å². The predicted molar refractivity (Wildman–Crippen MR) is 135 cm³/mol. The number of carbonyl (C=O) groups excluding carboxylic acids is 1. The van der Waals surface area contributed by atoms with Crippen molar-refractivity contribution in [2.45, 2.75) is 0 Å². The van der Waals surface area contributed by atoms with Crippen molar-refractivity contribution in [3.63, 3.8) is 0 Å². The Kier molecular flexibility index (Phi) is 6.60. The quantitative estimate of drug-likeness (QED) is 0.302. The normalized spacial score (nSPS) is 10.7. The molecular weight excluding hydrogens is 466 g/mol. The van der Waals surface area contributed by atoms with Crippen LogP contribution >= 0.6 is 0 Å². The number of carbonyl (C=O) groups is 1. The molecule has 184 valence electrons. The van der Waals surface area contributed by atoms with Gasteiger partial charge < -0.3 is 24.1 Å². The molecule has 0 aliphatic rings. The van der Waals surface area contributed by atoms with E-state index in [2.05, 4.69) is 5.32 Å². The third-order valence-electron chi connectivity index (χ3n) is 5.81. The van der Waals surface area contributed by atoms with Crippen LogP contribution in [0.5, 0.6) is 17.2 Å². The van der Waals surface area contributed by atoms with E-state index in [4.69, 9.17) is 14.2 Å². The summed E-state index contributed by atoms with van der Waals surface area (Å²) < 4.78 is 18.0. The number of ether oxygens (including phenoxy) is 3. The number of aromatic nitrogens is 1. The molecule has 1 heterocycles. The van der Waals surface area contributed by atoms with Gasteiger partial charge in [0.05, 0.1) is 37.3 Å². The molecule has 0 unspecified atom stereocenters. The van der Waals surface area contributed by atoms with E-state index in [9.17, 15) is 19.7 Å². The smallest absolute Gasteiger partial charge is 0.270 e. The number of benzene rings is 3. The molecule has 1 amide bonds. The Balaban J connectivity index is 1.98. The van der Waals surface area contributed by atoms with E-state index < -0.39 is 10.8 Å². The average molecular weight is 489 g/mol. The summed E-state index contributed by atoms with van der Waals surface area (Å²) in [6.07, 6.45) is 0. The first kappa shape index (κ1) is 24.3. The van der Waals surface area contributed by atoms with Crippen LogP contribution in [0.15, 0.2) is 65.5 Å². The third kappa shape index (κ3) is 4.20. The van der Waals surface area contributed by atoms with E-state index in [0.717, 1.165) is 0 Å². The molecule has 36 heavy (non-hydrogen) atoms. The van der Waals surface area contributed by atoms with Crippen molar-refractivity contribution in [2.75, 3.05) is 26.6 Å². The van der Waals surface area contributed by atoms with Gasteiger partial charge in [0.1, 0.15) is 5.82 Å². The van der Waals surface area contributed by atoms with Gasteiger partial charge >= 0.3 is 0 Å². The molecule has 0 atom stereocenters. The maximum atomic E-state index is 13.8. The molecule has 0 aliphatic heterocycles. The third-order valence-corrected chi connectivity index (χ3v) is 5.81. The molecule has 0 bridgehead atoms. The first-order valence-corrected chi connectivity index (χ1v) is 10.8. The highest BCUT2D eigenvalue weighted by atomic mass is 16.6. The molecule has 0 fully saturated rings. The van der Waals surface area contributed by atoms with Gasteiger partial charge in [0.25, 0.3) is 11.6 Å². The average Bonchev–Trinajstić information content (AvgIpc) is 2.90. The van der Waals surface area contributed by atoms with Crippen molar-refractivity contribution in [1.82, 2.24) is 4.57 Å². The highest BCUT2D eigenvalue weighted by molar-refractivity contribution is 6.07. The van der Waals surface area contributed by atoms with Crippen LogP contribution in [0.4, 0.5) is 11.5 Å². The number of nitro groups is 1. The van der Waals surface area contributed by atoms with Crippen LogP contribution in [0.2, 0.25) is 0 Å². The van der Waals surface area contributed by atoms with E-state index in [1.54, 1.807) is 48.0 Å². The van der Waals surface area contributed by atoms with Gasteiger partial charge in [-0.2, -0.15) is 0 Å². The molecule has 0 saturated carbocycles. The molecule has 4 rings (SSSR count). The second kappa shape index (κ2) is 9.79. The number of pyridine rings is 1. The number of non-ortho nitro benzene ring substituents is 1. The van der Waals surface area contributed by atoms with Crippen LogP contribution < -0.4 is 25.0 Å². The van der Waals surface area contributed by atoms with Crippen molar-refractivity contribution >= 4 is 28.3 Å².